The minimum Gasteiger partial charge on any atom is -0.394 e. The van der Waals surface area contributed by atoms with Crippen molar-refractivity contribution in [2.75, 3.05) is 6.61 Å². The number of aliphatic hydroxyl groups excluding tert-OH is 3. The quantitative estimate of drug-likeness (QED) is 0.231. The van der Waals surface area contributed by atoms with Crippen LogP contribution in [0.15, 0.2) is 41.6 Å². The zero-order valence-corrected chi connectivity index (χ0v) is 19.2. The fourth-order valence-electron chi connectivity index (χ4n) is 3.60. The van der Waals surface area contributed by atoms with Crippen molar-refractivity contribution in [2.24, 2.45) is 0 Å². The van der Waals surface area contributed by atoms with Crippen molar-refractivity contribution >= 4 is 35.0 Å². The maximum absolute atomic E-state index is 14.0. The van der Waals surface area contributed by atoms with Gasteiger partial charge in [-0.1, -0.05) is 34.5 Å². The van der Waals surface area contributed by atoms with Crippen LogP contribution in [-0.4, -0.2) is 71.0 Å². The van der Waals surface area contributed by atoms with Crippen molar-refractivity contribution in [3.8, 4) is 11.3 Å². The van der Waals surface area contributed by atoms with E-state index < -0.39 is 64.2 Å². The highest BCUT2D eigenvalue weighted by Crippen LogP contribution is 2.42. The van der Waals surface area contributed by atoms with Crippen LogP contribution in [0, 0.1) is 17.5 Å². The first kappa shape index (κ1) is 25.4. The Bertz CT molecular complexity index is 1110. The fraction of sp³-hybridized carbons (Fsp3) is 0.400. The zero-order chi connectivity index (χ0) is 24.8. The average Bonchev–Trinajstić information content (AvgIpc) is 3.26. The van der Waals surface area contributed by atoms with Crippen LogP contribution >= 0.6 is 35.0 Å². The molecule has 0 spiro atoms. The molecule has 0 bridgehead atoms. The first-order valence-electron chi connectivity index (χ1n) is 9.81. The molecule has 0 amide bonds. The fourth-order valence-corrected chi connectivity index (χ4v) is 5.23. The molecule has 184 valence electrons. The topological polar surface area (TPSA) is 101 Å². The second-order valence-electron chi connectivity index (χ2n) is 7.63. The second kappa shape index (κ2) is 9.76. The molecule has 0 saturated carbocycles. The molecule has 1 aliphatic heterocycles. The van der Waals surface area contributed by atoms with Crippen molar-refractivity contribution in [2.45, 2.75) is 40.2 Å². The number of alkyl halides is 2. The third-order valence-electron chi connectivity index (χ3n) is 5.36. The Labute approximate surface area is 204 Å². The van der Waals surface area contributed by atoms with Gasteiger partial charge in [0.25, 0.3) is 0 Å². The molecule has 2 unspecified atom stereocenters. The normalized spacial score (nSPS) is 33.7. The lowest BCUT2D eigenvalue weighted by Crippen LogP contribution is -2.55. The van der Waals surface area contributed by atoms with Gasteiger partial charge < -0.3 is 20.1 Å². The minimum atomic E-state index is -2.34. The summed E-state index contributed by atoms with van der Waals surface area (Å²) in [6.07, 6.45) is 0.979. The Morgan fingerprint density at radius 1 is 1.18 bits per heavy atom. The molecule has 7 atom stereocenters. The molecular formula is C20H17Cl2F4N3O4S. The lowest BCUT2D eigenvalue weighted by Gasteiger charge is -2.42. The van der Waals surface area contributed by atoms with E-state index in [1.165, 1.54) is 18.3 Å². The standard InChI is InChI=1S/C20H17Cl2F4N3O4S/c21-14-5-9(1-2-20(14,22)26)34-19-18(32)16(17(31)13(7-30)33-19)29-6-12(27-28-29)8-3-10(23)15(25)11(24)4-8/h1-6,9,13,16-19,30-32H,7H2/t9?,13-,16+,17+,18-,19-,20?/m1/s1. The van der Waals surface area contributed by atoms with Crippen molar-refractivity contribution in [1.82, 2.24) is 15.0 Å². The Balaban J connectivity index is 1.60. The van der Waals surface area contributed by atoms with Gasteiger partial charge in [-0.25, -0.2) is 22.2 Å². The lowest BCUT2D eigenvalue weighted by molar-refractivity contribution is -0.178. The van der Waals surface area contributed by atoms with Crippen molar-refractivity contribution in [3.05, 3.63) is 59.0 Å². The molecule has 3 N–H and O–H groups in total. The summed E-state index contributed by atoms with van der Waals surface area (Å²) in [4.78, 5) is 0. The van der Waals surface area contributed by atoms with Gasteiger partial charge in [-0.3, -0.25) is 0 Å². The Hall–Kier alpha value is -1.67. The van der Waals surface area contributed by atoms with E-state index in [0.29, 0.717) is 0 Å². The van der Waals surface area contributed by atoms with Crippen LogP contribution in [0.5, 0.6) is 0 Å². The number of hydrogen-bond donors (Lipinski definition) is 3. The molecule has 14 heteroatoms. The summed E-state index contributed by atoms with van der Waals surface area (Å²) in [5, 5.41) is 35.7. The Morgan fingerprint density at radius 2 is 1.85 bits per heavy atom. The largest absolute Gasteiger partial charge is 0.394 e. The number of ether oxygens (including phenoxy) is 1. The van der Waals surface area contributed by atoms with Gasteiger partial charge in [0, 0.05) is 10.8 Å². The minimum absolute atomic E-state index is 0.0558. The van der Waals surface area contributed by atoms with Gasteiger partial charge >= 0.3 is 0 Å². The van der Waals surface area contributed by atoms with E-state index in [9.17, 15) is 32.9 Å². The molecule has 1 aromatic heterocycles. The number of nitrogens with zero attached hydrogens (tertiary/aromatic N) is 3. The van der Waals surface area contributed by atoms with Crippen LogP contribution in [0.25, 0.3) is 11.3 Å². The maximum atomic E-state index is 14.0. The molecule has 2 aliphatic rings. The van der Waals surface area contributed by atoms with Crippen molar-refractivity contribution < 1.29 is 37.6 Å². The second-order valence-corrected chi connectivity index (χ2v) is 9.87. The van der Waals surface area contributed by atoms with Crippen LogP contribution in [0.3, 0.4) is 0 Å². The molecular weight excluding hydrogens is 525 g/mol. The summed E-state index contributed by atoms with van der Waals surface area (Å²) in [5.74, 6) is -4.48. The van der Waals surface area contributed by atoms with Gasteiger partial charge in [0.2, 0.25) is 5.13 Å². The van der Waals surface area contributed by atoms with E-state index in [0.717, 1.165) is 34.7 Å². The number of hydrogen-bond acceptors (Lipinski definition) is 7. The molecule has 2 aromatic rings. The van der Waals surface area contributed by atoms with Gasteiger partial charge in [0.05, 0.1) is 17.8 Å². The third-order valence-corrected chi connectivity index (χ3v) is 7.45. The number of aliphatic hydroxyl groups is 3. The monoisotopic (exact) mass is 541 g/mol. The first-order chi connectivity index (χ1) is 16.0. The molecule has 0 radical (unpaired) electrons. The summed E-state index contributed by atoms with van der Waals surface area (Å²) in [5.41, 5.74) is -1.22. The van der Waals surface area contributed by atoms with Gasteiger partial charge in [-0.15, -0.1) is 16.9 Å². The van der Waals surface area contributed by atoms with Crippen LogP contribution in [0.1, 0.15) is 6.04 Å². The van der Waals surface area contributed by atoms with Gasteiger partial charge in [0.15, 0.2) is 17.5 Å². The predicted octanol–water partition coefficient (Wildman–Crippen LogP) is 3.04. The van der Waals surface area contributed by atoms with E-state index in [1.54, 1.807) is 0 Å². The highest BCUT2D eigenvalue weighted by molar-refractivity contribution is 8.00. The zero-order valence-electron chi connectivity index (χ0n) is 16.9. The molecule has 7 nitrogen and oxygen atoms in total. The van der Waals surface area contributed by atoms with Crippen molar-refractivity contribution in [3.63, 3.8) is 0 Å². The molecule has 1 fully saturated rings. The van der Waals surface area contributed by atoms with Gasteiger partial charge in [0.1, 0.15) is 35.5 Å². The average molecular weight is 542 g/mol. The molecule has 2 heterocycles. The third kappa shape index (κ3) is 4.85. The molecule has 34 heavy (non-hydrogen) atoms. The van der Waals surface area contributed by atoms with E-state index in [4.69, 9.17) is 27.9 Å². The summed E-state index contributed by atoms with van der Waals surface area (Å²) in [6, 6.07) is 0.262. The van der Waals surface area contributed by atoms with E-state index in [1.807, 2.05) is 0 Å². The number of allylic oxidation sites excluding steroid dienone is 2. The van der Waals surface area contributed by atoms with Crippen LogP contribution in [-0.2, 0) is 4.74 Å². The summed E-state index contributed by atoms with van der Waals surface area (Å²) in [7, 11) is 0. The molecule has 1 aliphatic carbocycles. The highest BCUT2D eigenvalue weighted by Gasteiger charge is 2.47. The van der Waals surface area contributed by atoms with Crippen LogP contribution in [0.2, 0.25) is 0 Å². The molecule has 1 aromatic carbocycles. The van der Waals surface area contributed by atoms with Gasteiger partial charge in [-0.05, 0) is 24.3 Å². The van der Waals surface area contributed by atoms with E-state index in [-0.39, 0.29) is 16.3 Å². The molecule has 4 rings (SSSR count). The van der Waals surface area contributed by atoms with E-state index in [2.05, 4.69) is 10.3 Å². The van der Waals surface area contributed by atoms with Crippen molar-refractivity contribution in [1.29, 1.82) is 0 Å². The summed E-state index contributed by atoms with van der Waals surface area (Å²) >= 11 is 12.5. The number of benzene rings is 1. The van der Waals surface area contributed by atoms with Gasteiger partial charge in [-0.2, -0.15) is 0 Å². The first-order valence-corrected chi connectivity index (χ1v) is 11.5. The Morgan fingerprint density at radius 3 is 2.47 bits per heavy atom. The van der Waals surface area contributed by atoms with E-state index >= 15 is 0 Å². The summed E-state index contributed by atoms with van der Waals surface area (Å²) < 4.78 is 61.2. The van der Waals surface area contributed by atoms with Crippen LogP contribution < -0.4 is 0 Å². The molecule has 1 saturated heterocycles. The number of aromatic nitrogens is 3. The summed E-state index contributed by atoms with van der Waals surface area (Å²) in [6.45, 7) is -0.607. The Kier molecular flexibility index (Phi) is 7.30. The van der Waals surface area contributed by atoms with Crippen LogP contribution in [0.4, 0.5) is 17.6 Å². The number of thioether (sulfide) groups is 1. The number of rotatable bonds is 5. The SMILES string of the molecule is OC[C@H]1O[C@H](SC2C=CC(F)(Cl)C(Cl)=C2)[C@H](O)[C@@H](n2cc(-c3cc(F)c(F)c(F)c3)nn2)[C@H]1O. The predicted molar refractivity (Wildman–Crippen MR) is 116 cm³/mol. The lowest BCUT2D eigenvalue weighted by atomic mass is 9.97. The number of halogens is 6. The highest BCUT2D eigenvalue weighted by atomic mass is 35.5. The smallest absolute Gasteiger partial charge is 0.237 e. The maximum Gasteiger partial charge on any atom is 0.237 e.